The van der Waals surface area contributed by atoms with Crippen LogP contribution in [0, 0.1) is 11.3 Å². The van der Waals surface area contributed by atoms with E-state index in [1.165, 1.54) is 18.4 Å². The maximum Gasteiger partial charge on any atom is 0.0556 e. The minimum Gasteiger partial charge on any atom is -0.289 e. The van der Waals surface area contributed by atoms with E-state index in [0.29, 0.717) is 17.4 Å². The number of rotatable bonds is 0. The Balaban J connectivity index is 2.41. The maximum atomic E-state index is 4.58. The van der Waals surface area contributed by atoms with E-state index >= 15 is 0 Å². The lowest BCUT2D eigenvalue weighted by atomic mass is 9.75. The molecule has 1 saturated carbocycles. The summed E-state index contributed by atoms with van der Waals surface area (Å²) in [5.41, 5.74) is 1.58. The van der Waals surface area contributed by atoms with Gasteiger partial charge in [-0.25, -0.2) is 0 Å². The van der Waals surface area contributed by atoms with E-state index in [4.69, 9.17) is 0 Å². The van der Waals surface area contributed by atoms with Crippen LogP contribution < -0.4 is 0 Å². The number of allylic oxidation sites excluding steroid dienone is 3. The summed E-state index contributed by atoms with van der Waals surface area (Å²) in [6.07, 6.45) is 8.52. The summed E-state index contributed by atoms with van der Waals surface area (Å²) in [5.74, 6) is 0.631. The molecule has 1 aliphatic carbocycles. The maximum absolute atomic E-state index is 4.58. The van der Waals surface area contributed by atoms with Crippen LogP contribution in [-0.2, 0) is 0 Å². The quantitative estimate of drug-likeness (QED) is 0.536. The van der Waals surface area contributed by atoms with E-state index in [1.54, 1.807) is 0 Å². The van der Waals surface area contributed by atoms with E-state index in [1.807, 2.05) is 12.3 Å². The van der Waals surface area contributed by atoms with Gasteiger partial charge in [0.15, 0.2) is 0 Å². The van der Waals surface area contributed by atoms with Crippen molar-refractivity contribution >= 4 is 6.21 Å². The molecule has 0 aromatic heterocycles. The van der Waals surface area contributed by atoms with Gasteiger partial charge in [-0.2, -0.15) is 0 Å². The molecule has 1 fully saturated rings. The smallest absolute Gasteiger partial charge is 0.0556 e. The molecule has 13 heavy (non-hydrogen) atoms. The van der Waals surface area contributed by atoms with Gasteiger partial charge in [-0.05, 0) is 30.3 Å². The number of hydrogen-bond acceptors (Lipinski definition) is 1. The molecule has 2 rings (SSSR count). The molecule has 1 aliphatic heterocycles. The summed E-state index contributed by atoms with van der Waals surface area (Å²) in [6.45, 7) is 8.77. The van der Waals surface area contributed by atoms with E-state index in [-0.39, 0.29) is 0 Å². The molecule has 0 amide bonds. The van der Waals surface area contributed by atoms with Crippen molar-refractivity contribution < 1.29 is 0 Å². The van der Waals surface area contributed by atoms with Gasteiger partial charge in [-0.1, -0.05) is 32.1 Å². The van der Waals surface area contributed by atoms with Crippen LogP contribution in [0.2, 0.25) is 0 Å². The lowest BCUT2D eigenvalue weighted by Gasteiger charge is -2.32. The molecule has 0 aromatic carbocycles. The number of fused-ring (bicyclic) bond motifs is 2. The van der Waals surface area contributed by atoms with E-state index in [0.717, 1.165) is 0 Å². The molecule has 0 radical (unpaired) electrons. The molecule has 1 nitrogen and oxygen atoms in total. The minimum atomic E-state index is 0.304. The Morgan fingerprint density at radius 3 is 3.00 bits per heavy atom. The highest BCUT2D eigenvalue weighted by atomic mass is 14.8. The highest BCUT2D eigenvalue weighted by Crippen LogP contribution is 2.48. The zero-order chi connectivity index (χ0) is 9.47. The van der Waals surface area contributed by atoms with Gasteiger partial charge < -0.3 is 0 Å². The van der Waals surface area contributed by atoms with Gasteiger partial charge in [0.1, 0.15) is 0 Å². The van der Waals surface area contributed by atoms with Crippen molar-refractivity contribution in [1.82, 2.24) is 0 Å². The highest BCUT2D eigenvalue weighted by Gasteiger charge is 2.43. The first-order valence-corrected chi connectivity index (χ1v) is 5.01. The molecular weight excluding hydrogens is 158 g/mol. The molecular formula is C12H17N. The lowest BCUT2D eigenvalue weighted by Crippen LogP contribution is -2.29. The minimum absolute atomic E-state index is 0.304. The highest BCUT2D eigenvalue weighted by molar-refractivity contribution is 5.72. The molecule has 0 saturated heterocycles. The average Bonchev–Trinajstić information content (AvgIpc) is 2.39. The summed E-state index contributed by atoms with van der Waals surface area (Å²) < 4.78 is 0. The second-order valence-corrected chi connectivity index (χ2v) is 4.70. The molecule has 70 valence electrons. The number of hydrogen-bond donors (Lipinski definition) is 0. The van der Waals surface area contributed by atoms with Crippen LogP contribution >= 0.6 is 0 Å². The monoisotopic (exact) mass is 175 g/mol. The molecule has 2 aliphatic rings. The van der Waals surface area contributed by atoms with Crippen LogP contribution in [0.1, 0.15) is 26.7 Å². The zero-order valence-electron chi connectivity index (χ0n) is 8.46. The van der Waals surface area contributed by atoms with Crippen LogP contribution in [0.3, 0.4) is 0 Å². The largest absolute Gasteiger partial charge is 0.289 e. The Morgan fingerprint density at radius 1 is 1.46 bits per heavy atom. The van der Waals surface area contributed by atoms with Gasteiger partial charge in [0.25, 0.3) is 0 Å². The summed E-state index contributed by atoms with van der Waals surface area (Å²) in [7, 11) is 0. The molecule has 0 spiro atoms. The Hall–Kier alpha value is -0.850. The predicted molar refractivity (Wildman–Crippen MR) is 57.1 cm³/mol. The first-order chi connectivity index (χ1) is 6.12. The normalized spacial score (nSPS) is 40.9. The van der Waals surface area contributed by atoms with Crippen molar-refractivity contribution in [3.05, 3.63) is 24.3 Å². The van der Waals surface area contributed by atoms with Gasteiger partial charge >= 0.3 is 0 Å². The molecule has 1 heteroatoms. The standard InChI is InChI=1S/C12H17N/c1-9-5-4-8-13-11-7-6-10(9)12(11,2)3/h4-5,8,10-11H,1,6-7H2,2-3H3/b5-4-,13-8-. The number of nitrogens with zero attached hydrogens (tertiary/aromatic N) is 1. The first-order valence-electron chi connectivity index (χ1n) is 5.01. The van der Waals surface area contributed by atoms with Crippen molar-refractivity contribution in [1.29, 1.82) is 0 Å². The van der Waals surface area contributed by atoms with Crippen molar-refractivity contribution in [3.8, 4) is 0 Å². The summed E-state index contributed by atoms with van der Waals surface area (Å²) in [4.78, 5) is 4.58. The van der Waals surface area contributed by atoms with Crippen LogP contribution in [0.5, 0.6) is 0 Å². The second kappa shape index (κ2) is 2.83. The van der Waals surface area contributed by atoms with Gasteiger partial charge in [0.05, 0.1) is 6.04 Å². The Kier molecular flexibility index (Phi) is 1.90. The molecule has 2 bridgehead atoms. The molecule has 2 atom stereocenters. The van der Waals surface area contributed by atoms with Crippen LogP contribution in [0.4, 0.5) is 0 Å². The van der Waals surface area contributed by atoms with E-state index in [2.05, 4.69) is 31.5 Å². The van der Waals surface area contributed by atoms with Crippen molar-refractivity contribution in [2.24, 2.45) is 16.3 Å². The van der Waals surface area contributed by atoms with Crippen molar-refractivity contribution in [3.63, 3.8) is 0 Å². The second-order valence-electron chi connectivity index (χ2n) is 4.70. The third-order valence-electron chi connectivity index (χ3n) is 3.60. The first kappa shape index (κ1) is 8.74. The van der Waals surface area contributed by atoms with Crippen LogP contribution in [0.25, 0.3) is 0 Å². The fraction of sp³-hybridized carbons (Fsp3) is 0.583. The van der Waals surface area contributed by atoms with Crippen molar-refractivity contribution in [2.75, 3.05) is 0 Å². The van der Waals surface area contributed by atoms with E-state index in [9.17, 15) is 0 Å². The van der Waals surface area contributed by atoms with Crippen molar-refractivity contribution in [2.45, 2.75) is 32.7 Å². The molecule has 2 unspecified atom stereocenters. The lowest BCUT2D eigenvalue weighted by molar-refractivity contribution is 0.268. The predicted octanol–water partition coefficient (Wildman–Crippen LogP) is 2.99. The summed E-state index contributed by atoms with van der Waals surface area (Å²) in [5, 5.41) is 0. The summed E-state index contributed by atoms with van der Waals surface area (Å²) in [6, 6.07) is 0.499. The average molecular weight is 175 g/mol. The topological polar surface area (TPSA) is 12.4 Å². The van der Waals surface area contributed by atoms with Gasteiger partial charge in [-0.3, -0.25) is 4.99 Å². The summed E-state index contributed by atoms with van der Waals surface area (Å²) >= 11 is 0. The fourth-order valence-electron chi connectivity index (χ4n) is 2.67. The Bertz CT molecular complexity index is 283. The Morgan fingerprint density at radius 2 is 2.23 bits per heavy atom. The fourth-order valence-corrected chi connectivity index (χ4v) is 2.67. The van der Waals surface area contributed by atoms with Gasteiger partial charge in [-0.15, -0.1) is 0 Å². The van der Waals surface area contributed by atoms with Crippen LogP contribution in [0.15, 0.2) is 29.3 Å². The number of aliphatic imine (C=N–C) groups is 1. The zero-order valence-corrected chi connectivity index (χ0v) is 8.46. The molecule has 1 heterocycles. The van der Waals surface area contributed by atoms with Crippen LogP contribution in [-0.4, -0.2) is 12.3 Å². The van der Waals surface area contributed by atoms with Gasteiger partial charge in [0.2, 0.25) is 0 Å². The molecule has 0 N–H and O–H groups in total. The van der Waals surface area contributed by atoms with Gasteiger partial charge in [0, 0.05) is 6.21 Å². The molecule has 0 aromatic rings. The third kappa shape index (κ3) is 1.27. The SMILES string of the molecule is C=C1/C=C\C=N/C2CCC1C2(C)C. The van der Waals surface area contributed by atoms with E-state index < -0.39 is 0 Å². The Labute approximate surface area is 80.3 Å². The third-order valence-corrected chi connectivity index (χ3v) is 3.60.